The smallest absolute Gasteiger partial charge is 0.155 e. The van der Waals surface area contributed by atoms with Crippen LogP contribution in [0.3, 0.4) is 0 Å². The van der Waals surface area contributed by atoms with Crippen LogP contribution in [-0.2, 0) is 17.9 Å². The van der Waals surface area contributed by atoms with Gasteiger partial charge in [-0.1, -0.05) is 0 Å². The molecule has 0 unspecified atom stereocenters. The van der Waals surface area contributed by atoms with E-state index >= 15 is 0 Å². The van der Waals surface area contributed by atoms with Gasteiger partial charge in [0.1, 0.15) is 13.1 Å². The van der Waals surface area contributed by atoms with Crippen LogP contribution in [0.4, 0.5) is 0 Å². The third-order valence-electron chi connectivity index (χ3n) is 1.29. The first kappa shape index (κ1) is 11.6. The highest BCUT2D eigenvalue weighted by Gasteiger charge is 1.98. The van der Waals surface area contributed by atoms with Gasteiger partial charge in [-0.3, -0.25) is 0 Å². The summed E-state index contributed by atoms with van der Waals surface area (Å²) >= 11 is 0. The van der Waals surface area contributed by atoms with Gasteiger partial charge < -0.3 is 9.90 Å². The van der Waals surface area contributed by atoms with E-state index in [0.29, 0.717) is 0 Å². The van der Waals surface area contributed by atoms with Gasteiger partial charge in [-0.25, -0.2) is 0 Å². The summed E-state index contributed by atoms with van der Waals surface area (Å²) in [7, 11) is 0. The zero-order valence-corrected chi connectivity index (χ0v) is 8.23. The molecule has 74 valence electrons. The molecule has 0 fully saturated rings. The Morgan fingerprint density at radius 2 is 2.15 bits per heavy atom. The molecule has 5 nitrogen and oxygen atoms in total. The maximum atomic E-state index is 8.89. The van der Waals surface area contributed by atoms with Crippen molar-refractivity contribution in [3.8, 4) is 0 Å². The number of hydrogen-bond donors (Lipinski definition) is 0. The fourth-order valence-corrected chi connectivity index (χ4v) is 0.698. The molecule has 0 saturated carbocycles. The highest BCUT2D eigenvalue weighted by molar-refractivity contribution is 5.60. The average Bonchev–Trinajstić information content (AvgIpc) is 2.50. The maximum Gasteiger partial charge on any atom is 0.155 e. The Hall–Kier alpha value is -1.39. The highest BCUT2D eigenvalue weighted by atomic mass is 16.4. The van der Waals surface area contributed by atoms with Crippen molar-refractivity contribution in [2.45, 2.75) is 33.9 Å². The van der Waals surface area contributed by atoms with Crippen LogP contribution in [0.2, 0.25) is 0 Å². The summed E-state index contributed by atoms with van der Waals surface area (Å²) in [6.07, 6.45) is 3.95. The molecule has 1 heterocycles. The number of aliphatic carboxylic acids is 1. The van der Waals surface area contributed by atoms with E-state index in [2.05, 4.69) is 19.1 Å². The predicted molar refractivity (Wildman–Crippen MR) is 44.5 cm³/mol. The van der Waals surface area contributed by atoms with Crippen molar-refractivity contribution in [3.63, 3.8) is 0 Å². The molecule has 0 radical (unpaired) electrons. The number of carboxylic acids is 1. The minimum absolute atomic E-state index is 0.951. The molecule has 0 aromatic carbocycles. The first-order valence-electron chi connectivity index (χ1n) is 4.20. The number of nitrogens with zero attached hydrogens (tertiary/aromatic N) is 3. The standard InChI is InChI=1S/C6H12N3.C2H4O2/c1-3-8-5-6-9(4-2)7-8;1-2(3)4/h5-6H,3-4H2,1-2H3;1H3,(H,3,4)/q+1;/p-1. The summed E-state index contributed by atoms with van der Waals surface area (Å²) in [5, 5.41) is 13.1. The second-order valence-corrected chi connectivity index (χ2v) is 2.39. The van der Waals surface area contributed by atoms with Crippen LogP contribution in [-0.4, -0.2) is 15.9 Å². The Balaban J connectivity index is 0.000000310. The van der Waals surface area contributed by atoms with Gasteiger partial charge >= 0.3 is 0 Å². The van der Waals surface area contributed by atoms with Crippen LogP contribution >= 0.6 is 0 Å². The van der Waals surface area contributed by atoms with Crippen molar-refractivity contribution < 1.29 is 14.6 Å². The number of carbonyl (C=O) groups excluding carboxylic acids is 1. The molecule has 13 heavy (non-hydrogen) atoms. The summed E-state index contributed by atoms with van der Waals surface area (Å²) in [6.45, 7) is 7.03. The molecule has 0 spiro atoms. The van der Waals surface area contributed by atoms with Crippen LogP contribution in [0.5, 0.6) is 0 Å². The van der Waals surface area contributed by atoms with Crippen molar-refractivity contribution in [1.29, 1.82) is 0 Å². The maximum absolute atomic E-state index is 8.89. The summed E-state index contributed by atoms with van der Waals surface area (Å²) in [6, 6.07) is 0. The molecule has 0 aliphatic heterocycles. The van der Waals surface area contributed by atoms with E-state index in [1.165, 1.54) is 0 Å². The third kappa shape index (κ3) is 5.84. The molecule has 1 rings (SSSR count). The van der Waals surface area contributed by atoms with E-state index in [-0.39, 0.29) is 0 Å². The Kier molecular flexibility index (Phi) is 5.50. The number of aromatic nitrogens is 3. The average molecular weight is 185 g/mol. The zero-order valence-electron chi connectivity index (χ0n) is 8.23. The Morgan fingerprint density at radius 3 is 2.38 bits per heavy atom. The number of rotatable bonds is 2. The van der Waals surface area contributed by atoms with Crippen molar-refractivity contribution in [3.05, 3.63) is 12.4 Å². The van der Waals surface area contributed by atoms with Crippen LogP contribution in [0.15, 0.2) is 12.4 Å². The molecule has 0 saturated heterocycles. The topological polar surface area (TPSA) is 61.8 Å². The lowest BCUT2D eigenvalue weighted by atomic mass is 10.7. The second kappa shape index (κ2) is 6.16. The van der Waals surface area contributed by atoms with Gasteiger partial charge in [-0.15, -0.1) is 9.36 Å². The highest BCUT2D eigenvalue weighted by Crippen LogP contribution is 1.75. The van der Waals surface area contributed by atoms with Gasteiger partial charge in [0, 0.05) is 5.97 Å². The monoisotopic (exact) mass is 185 g/mol. The van der Waals surface area contributed by atoms with Crippen molar-refractivity contribution in [2.24, 2.45) is 0 Å². The second-order valence-electron chi connectivity index (χ2n) is 2.39. The van der Waals surface area contributed by atoms with E-state index in [1.54, 1.807) is 0 Å². The molecule has 1 aromatic heterocycles. The van der Waals surface area contributed by atoms with E-state index in [1.807, 2.05) is 21.8 Å². The van der Waals surface area contributed by atoms with Gasteiger partial charge in [-0.05, 0) is 20.8 Å². The molecule has 0 N–H and O–H groups in total. The lowest BCUT2D eigenvalue weighted by molar-refractivity contribution is -0.752. The van der Waals surface area contributed by atoms with Crippen molar-refractivity contribution in [1.82, 2.24) is 9.90 Å². The molecule has 0 aliphatic rings. The minimum atomic E-state index is -1.08. The van der Waals surface area contributed by atoms with E-state index < -0.39 is 5.97 Å². The Morgan fingerprint density at radius 1 is 1.62 bits per heavy atom. The lowest BCUT2D eigenvalue weighted by Gasteiger charge is -1.81. The van der Waals surface area contributed by atoms with Crippen LogP contribution in [0.25, 0.3) is 0 Å². The van der Waals surface area contributed by atoms with Crippen molar-refractivity contribution >= 4 is 5.97 Å². The third-order valence-corrected chi connectivity index (χ3v) is 1.29. The quantitative estimate of drug-likeness (QED) is 0.553. The number of hydrogen-bond acceptors (Lipinski definition) is 3. The first-order valence-corrected chi connectivity index (χ1v) is 4.20. The van der Waals surface area contributed by atoms with Crippen LogP contribution in [0.1, 0.15) is 20.8 Å². The van der Waals surface area contributed by atoms with Gasteiger partial charge in [0.25, 0.3) is 0 Å². The molecule has 0 aliphatic carbocycles. The SMILES string of the molecule is CC(=O)[O-].CCn1cc[n+](CC)n1. The van der Waals surface area contributed by atoms with Gasteiger partial charge in [0.05, 0.1) is 5.21 Å². The van der Waals surface area contributed by atoms with E-state index in [9.17, 15) is 0 Å². The Labute approximate surface area is 77.6 Å². The van der Waals surface area contributed by atoms with Crippen molar-refractivity contribution in [2.75, 3.05) is 0 Å². The molecule has 1 aromatic rings. The molecular formula is C8H15N3O2. The predicted octanol–water partition coefficient (Wildman–Crippen LogP) is -1.03. The normalized spacial score (nSPS) is 8.85. The number of aryl methyl sites for hydroxylation is 2. The molecule has 0 atom stereocenters. The summed E-state index contributed by atoms with van der Waals surface area (Å²) < 4.78 is 3.81. The molecule has 0 bridgehead atoms. The lowest BCUT2D eigenvalue weighted by Crippen LogP contribution is -2.34. The minimum Gasteiger partial charge on any atom is -0.550 e. The fourth-order valence-electron chi connectivity index (χ4n) is 0.698. The van der Waals surface area contributed by atoms with Gasteiger partial charge in [0.15, 0.2) is 12.4 Å². The summed E-state index contributed by atoms with van der Waals surface area (Å²) in [5.41, 5.74) is 0. The van der Waals surface area contributed by atoms with E-state index in [0.717, 1.165) is 20.0 Å². The zero-order chi connectivity index (χ0) is 10.3. The summed E-state index contributed by atoms with van der Waals surface area (Å²) in [4.78, 5) is 8.89. The van der Waals surface area contributed by atoms with E-state index in [4.69, 9.17) is 9.90 Å². The van der Waals surface area contributed by atoms with Crippen LogP contribution in [0, 0.1) is 0 Å². The van der Waals surface area contributed by atoms with Crippen LogP contribution < -0.4 is 9.79 Å². The molecule has 0 amide bonds. The van der Waals surface area contributed by atoms with Gasteiger partial charge in [0.2, 0.25) is 0 Å². The largest absolute Gasteiger partial charge is 0.550 e. The number of carboxylic acid groups (broad SMARTS) is 1. The molecule has 5 heteroatoms. The number of carbonyl (C=O) groups is 1. The Bertz CT molecular complexity index is 235. The fraction of sp³-hybridized carbons (Fsp3) is 0.625. The molecular weight excluding hydrogens is 170 g/mol. The summed E-state index contributed by atoms with van der Waals surface area (Å²) in [5.74, 6) is -1.08. The first-order chi connectivity index (χ1) is 6.10. The van der Waals surface area contributed by atoms with Gasteiger partial charge in [-0.2, -0.15) is 0 Å².